The first kappa shape index (κ1) is 17.1. The fraction of sp³-hybridized carbons (Fsp3) is 0.421. The monoisotopic (exact) mass is 343 g/mol. The van der Waals surface area contributed by atoms with Gasteiger partial charge in [-0.15, -0.1) is 11.3 Å². The van der Waals surface area contributed by atoms with Crippen molar-refractivity contribution in [2.24, 2.45) is 0 Å². The fourth-order valence-electron chi connectivity index (χ4n) is 2.99. The minimum absolute atomic E-state index is 0.0181. The van der Waals surface area contributed by atoms with Crippen LogP contribution in [-0.2, 0) is 0 Å². The zero-order valence-corrected chi connectivity index (χ0v) is 15.2. The number of carbonyl (C=O) groups excluding carboxylic acids is 1. The summed E-state index contributed by atoms with van der Waals surface area (Å²) in [5, 5.41) is 3.24. The quantitative estimate of drug-likeness (QED) is 0.907. The maximum Gasteiger partial charge on any atom is 0.261 e. The average molecular weight is 343 g/mol. The van der Waals surface area contributed by atoms with E-state index in [-0.39, 0.29) is 11.9 Å². The zero-order valence-electron chi connectivity index (χ0n) is 14.4. The van der Waals surface area contributed by atoms with E-state index in [1.165, 1.54) is 0 Å². The van der Waals surface area contributed by atoms with E-state index in [1.54, 1.807) is 11.3 Å². The molecule has 1 aliphatic rings. The third kappa shape index (κ3) is 4.44. The summed E-state index contributed by atoms with van der Waals surface area (Å²) >= 11 is 1.55. The maximum atomic E-state index is 12.6. The van der Waals surface area contributed by atoms with Crippen LogP contribution in [0.4, 0.5) is 0 Å². The van der Waals surface area contributed by atoms with Crippen molar-refractivity contribution in [2.45, 2.75) is 13.0 Å². The highest BCUT2D eigenvalue weighted by molar-refractivity contribution is 7.13. The Hall–Kier alpha value is -1.69. The number of amides is 1. The highest BCUT2D eigenvalue weighted by atomic mass is 32.1. The van der Waals surface area contributed by atoms with E-state index < -0.39 is 0 Å². The fourth-order valence-corrected chi connectivity index (χ4v) is 3.76. The lowest BCUT2D eigenvalue weighted by Crippen LogP contribution is -2.47. The predicted molar refractivity (Wildman–Crippen MR) is 99.6 cm³/mol. The van der Waals surface area contributed by atoms with E-state index in [0.29, 0.717) is 0 Å². The molecule has 4 nitrogen and oxygen atoms in total. The lowest BCUT2D eigenvalue weighted by atomic mass is 10.1. The van der Waals surface area contributed by atoms with Crippen molar-refractivity contribution in [1.82, 2.24) is 15.1 Å². The molecule has 1 atom stereocenters. The Morgan fingerprint density at radius 2 is 1.83 bits per heavy atom. The molecule has 0 unspecified atom stereocenters. The highest BCUT2D eigenvalue weighted by Gasteiger charge is 2.22. The molecule has 1 fully saturated rings. The van der Waals surface area contributed by atoms with Gasteiger partial charge >= 0.3 is 0 Å². The van der Waals surface area contributed by atoms with Crippen LogP contribution in [0.25, 0.3) is 0 Å². The summed E-state index contributed by atoms with van der Waals surface area (Å²) in [4.78, 5) is 19.3. The predicted octanol–water partition coefficient (Wildman–Crippen LogP) is 2.78. The number of nitrogens with one attached hydrogen (secondary N) is 1. The topological polar surface area (TPSA) is 35.6 Å². The van der Waals surface area contributed by atoms with Gasteiger partial charge in [-0.3, -0.25) is 9.69 Å². The molecule has 5 heteroatoms. The molecular formula is C19H25N3OS. The van der Waals surface area contributed by atoms with Gasteiger partial charge in [0.05, 0.1) is 10.9 Å². The van der Waals surface area contributed by atoms with Crippen molar-refractivity contribution in [1.29, 1.82) is 0 Å². The first-order valence-corrected chi connectivity index (χ1v) is 9.26. The number of likely N-dealkylation sites (N-methyl/N-ethyl adjacent to an activating group) is 1. The number of aryl methyl sites for hydroxylation is 1. The second-order valence-electron chi connectivity index (χ2n) is 6.45. The van der Waals surface area contributed by atoms with Crippen LogP contribution in [0.1, 0.15) is 26.2 Å². The summed E-state index contributed by atoms with van der Waals surface area (Å²) < 4.78 is 0. The van der Waals surface area contributed by atoms with Gasteiger partial charge in [0.2, 0.25) is 0 Å². The highest BCUT2D eigenvalue weighted by Crippen LogP contribution is 2.19. The molecule has 128 valence electrons. The van der Waals surface area contributed by atoms with Crippen LogP contribution >= 0.6 is 11.3 Å². The van der Waals surface area contributed by atoms with Gasteiger partial charge in [0, 0.05) is 37.6 Å². The van der Waals surface area contributed by atoms with Crippen LogP contribution in [0.3, 0.4) is 0 Å². The molecule has 24 heavy (non-hydrogen) atoms. The zero-order chi connectivity index (χ0) is 16.9. The summed E-state index contributed by atoms with van der Waals surface area (Å²) in [5.74, 6) is 0.0241. The SMILES string of the molecule is Cc1ccc(C(=O)N[C@H](CN2CCN(C)CC2)c2ccccc2)s1. The second-order valence-corrected chi connectivity index (χ2v) is 7.74. The molecule has 1 aliphatic heterocycles. The number of hydrogen-bond donors (Lipinski definition) is 1. The summed E-state index contributed by atoms with van der Waals surface area (Å²) in [6.07, 6.45) is 0. The van der Waals surface area contributed by atoms with Crippen molar-refractivity contribution in [3.8, 4) is 0 Å². The second kappa shape index (κ2) is 7.92. The molecule has 1 amide bonds. The molecule has 1 saturated heterocycles. The van der Waals surface area contributed by atoms with E-state index >= 15 is 0 Å². The van der Waals surface area contributed by atoms with Gasteiger partial charge in [0.1, 0.15) is 0 Å². The van der Waals surface area contributed by atoms with Crippen LogP contribution < -0.4 is 5.32 Å². The summed E-state index contributed by atoms with van der Waals surface area (Å²) in [6.45, 7) is 7.15. The number of benzene rings is 1. The van der Waals surface area contributed by atoms with Gasteiger partial charge in [-0.05, 0) is 31.7 Å². The molecular weight excluding hydrogens is 318 g/mol. The lowest BCUT2D eigenvalue weighted by Gasteiger charge is -2.35. The smallest absolute Gasteiger partial charge is 0.261 e. The van der Waals surface area contributed by atoms with E-state index in [1.807, 2.05) is 37.3 Å². The van der Waals surface area contributed by atoms with E-state index in [4.69, 9.17) is 0 Å². The van der Waals surface area contributed by atoms with Crippen LogP contribution in [0.2, 0.25) is 0 Å². The third-order valence-electron chi connectivity index (χ3n) is 4.51. The number of thiophene rings is 1. The molecule has 0 radical (unpaired) electrons. The number of hydrogen-bond acceptors (Lipinski definition) is 4. The molecule has 0 saturated carbocycles. The third-order valence-corrected chi connectivity index (χ3v) is 5.51. The van der Waals surface area contributed by atoms with Gasteiger partial charge in [-0.1, -0.05) is 30.3 Å². The van der Waals surface area contributed by atoms with E-state index in [2.05, 4.69) is 34.3 Å². The van der Waals surface area contributed by atoms with Gasteiger partial charge in [0.25, 0.3) is 5.91 Å². The van der Waals surface area contributed by atoms with E-state index in [0.717, 1.165) is 48.0 Å². The molecule has 1 N–H and O–H groups in total. The van der Waals surface area contributed by atoms with Crippen molar-refractivity contribution >= 4 is 17.2 Å². The summed E-state index contributed by atoms with van der Waals surface area (Å²) in [7, 11) is 2.16. The largest absolute Gasteiger partial charge is 0.343 e. The number of carbonyl (C=O) groups is 1. The van der Waals surface area contributed by atoms with Crippen molar-refractivity contribution in [3.05, 3.63) is 57.8 Å². The standard InChI is InChI=1S/C19H25N3OS/c1-15-8-9-18(24-15)19(23)20-17(16-6-4-3-5-7-16)14-22-12-10-21(2)11-13-22/h3-9,17H,10-14H2,1-2H3,(H,20,23)/t17-/m1/s1. The molecule has 0 bridgehead atoms. The first-order chi connectivity index (χ1) is 11.6. The Bertz CT molecular complexity index is 662. The molecule has 2 aromatic rings. The Morgan fingerprint density at radius 1 is 1.12 bits per heavy atom. The Kier molecular flexibility index (Phi) is 5.66. The molecule has 2 heterocycles. The Morgan fingerprint density at radius 3 is 2.46 bits per heavy atom. The lowest BCUT2D eigenvalue weighted by molar-refractivity contribution is 0.0911. The Labute approximate surface area is 148 Å². The van der Waals surface area contributed by atoms with Gasteiger partial charge in [-0.25, -0.2) is 0 Å². The van der Waals surface area contributed by atoms with Crippen molar-refractivity contribution in [2.75, 3.05) is 39.8 Å². The van der Waals surface area contributed by atoms with Gasteiger partial charge < -0.3 is 10.2 Å². The minimum atomic E-state index is 0.0181. The van der Waals surface area contributed by atoms with E-state index in [9.17, 15) is 4.79 Å². The van der Waals surface area contributed by atoms with Crippen LogP contribution in [0, 0.1) is 6.92 Å². The first-order valence-electron chi connectivity index (χ1n) is 8.45. The summed E-state index contributed by atoms with van der Waals surface area (Å²) in [6, 6.07) is 14.2. The van der Waals surface area contributed by atoms with Gasteiger partial charge in [-0.2, -0.15) is 0 Å². The van der Waals surface area contributed by atoms with Crippen molar-refractivity contribution < 1.29 is 4.79 Å². The molecule has 3 rings (SSSR count). The molecule has 1 aromatic carbocycles. The van der Waals surface area contributed by atoms with Crippen LogP contribution in [0.5, 0.6) is 0 Å². The number of rotatable bonds is 5. The Balaban J connectivity index is 1.71. The number of nitrogens with zero attached hydrogens (tertiary/aromatic N) is 2. The summed E-state index contributed by atoms with van der Waals surface area (Å²) in [5.41, 5.74) is 1.16. The van der Waals surface area contributed by atoms with Gasteiger partial charge in [0.15, 0.2) is 0 Å². The molecule has 1 aromatic heterocycles. The van der Waals surface area contributed by atoms with Crippen molar-refractivity contribution in [3.63, 3.8) is 0 Å². The number of piperazine rings is 1. The van der Waals surface area contributed by atoms with Crippen LogP contribution in [0.15, 0.2) is 42.5 Å². The molecule has 0 aliphatic carbocycles. The maximum absolute atomic E-state index is 12.6. The normalized spacial score (nSPS) is 17.6. The molecule has 0 spiro atoms. The minimum Gasteiger partial charge on any atom is -0.343 e. The average Bonchev–Trinajstić information content (AvgIpc) is 3.03. The van der Waals surface area contributed by atoms with Crippen LogP contribution in [-0.4, -0.2) is 55.5 Å².